The Labute approximate surface area is 421 Å². The van der Waals surface area contributed by atoms with Crippen LogP contribution in [0.4, 0.5) is 20.1 Å². The molecule has 0 radical (unpaired) electrons. The van der Waals surface area contributed by atoms with Gasteiger partial charge in [-0.25, -0.2) is 24.4 Å². The molecule has 8 rings (SSSR count). The maximum Gasteiger partial charge on any atom is 0.407 e. The van der Waals surface area contributed by atoms with Gasteiger partial charge in [0, 0.05) is 30.7 Å². The van der Waals surface area contributed by atoms with Gasteiger partial charge in [-0.05, 0) is 126 Å². The number of rotatable bonds is 14. The second-order valence-electron chi connectivity index (χ2n) is 20.1. The number of alkyl carbamates (subject to hydrolysis) is 2. The summed E-state index contributed by atoms with van der Waals surface area (Å²) in [5, 5.41) is 17.4. The number of ether oxygens (including phenoxy) is 2. The normalized spacial score (nSPS) is 21.4. The summed E-state index contributed by atoms with van der Waals surface area (Å²) in [6, 6.07) is 19.3. The molecule has 3 aromatic carbocycles. The van der Waals surface area contributed by atoms with Crippen molar-refractivity contribution in [2.24, 2.45) is 11.8 Å². The van der Waals surface area contributed by atoms with Crippen LogP contribution in [0.25, 0.3) is 22.1 Å². The number of benzene rings is 3. The first-order valence-corrected chi connectivity index (χ1v) is 25.3. The van der Waals surface area contributed by atoms with E-state index in [-0.39, 0.29) is 48.3 Å². The van der Waals surface area contributed by atoms with Gasteiger partial charge in [0.05, 0.1) is 54.4 Å². The van der Waals surface area contributed by atoms with Crippen LogP contribution in [0, 0.1) is 11.8 Å². The highest BCUT2D eigenvalue weighted by Gasteiger charge is 2.48. The molecule has 374 valence electrons. The predicted molar refractivity (Wildman–Crippen MR) is 274 cm³/mol. The van der Waals surface area contributed by atoms with E-state index in [0.717, 1.165) is 76.5 Å². The summed E-state index contributed by atoms with van der Waals surface area (Å²) in [5.41, 5.74) is 7.07. The second kappa shape index (κ2) is 20.3. The number of H-pyrrole nitrogens is 2. The molecule has 3 saturated heterocycles. The number of nitrogens with one attached hydrogen (secondary N) is 5. The van der Waals surface area contributed by atoms with Gasteiger partial charge in [-0.1, -0.05) is 65.8 Å². The molecular formula is C51H65IN10O8. The molecule has 0 saturated carbocycles. The molecule has 5 aromatic rings. The van der Waals surface area contributed by atoms with E-state index in [4.69, 9.17) is 19.4 Å². The molecule has 5 heterocycles. The molecule has 6 N–H and O–H groups in total. The average molecular weight is 1070 g/mol. The number of imidazole rings is 2. The maximum absolute atomic E-state index is 14.1. The number of halogens is 1. The van der Waals surface area contributed by atoms with Crippen molar-refractivity contribution in [1.82, 2.24) is 45.7 Å². The Morgan fingerprint density at radius 3 is 1.91 bits per heavy atom. The monoisotopic (exact) mass is 1070 g/mol. The Morgan fingerprint density at radius 2 is 1.34 bits per heavy atom. The Hall–Kier alpha value is -6.12. The fraction of sp³-hybridized carbons (Fsp3) is 0.510. The second-order valence-corrected chi connectivity index (χ2v) is 21.9. The van der Waals surface area contributed by atoms with Crippen LogP contribution in [0.3, 0.4) is 0 Å². The van der Waals surface area contributed by atoms with E-state index in [0.29, 0.717) is 31.2 Å². The number of aromatic nitrogens is 4. The lowest BCUT2D eigenvalue weighted by Crippen LogP contribution is -2.54. The number of carbonyl (C=O) groups excluding carboxylic acids is 4. The fourth-order valence-corrected chi connectivity index (χ4v) is 11.6. The highest BCUT2D eigenvalue weighted by Crippen LogP contribution is 2.49. The fourth-order valence-electron chi connectivity index (χ4n) is 10.5. The number of hydrogen-bond acceptors (Lipinski definition) is 10. The van der Waals surface area contributed by atoms with E-state index < -0.39 is 39.3 Å². The van der Waals surface area contributed by atoms with E-state index in [1.165, 1.54) is 14.2 Å². The molecule has 5 amide bonds. The van der Waals surface area contributed by atoms with Crippen LogP contribution in [0.5, 0.6) is 0 Å². The van der Waals surface area contributed by atoms with Gasteiger partial charge in [-0.15, -0.1) is 0 Å². The number of fused-ring (bicyclic) bond motifs is 2. The van der Waals surface area contributed by atoms with Crippen LogP contribution in [0.1, 0.15) is 127 Å². The third-order valence-corrected chi connectivity index (χ3v) is 16.0. The Kier molecular flexibility index (Phi) is 14.6. The minimum Gasteiger partial charge on any atom is -0.465 e. The third-order valence-electron chi connectivity index (χ3n) is 14.4. The zero-order valence-corrected chi connectivity index (χ0v) is 43.3. The van der Waals surface area contributed by atoms with Gasteiger partial charge in [0.25, 0.3) is 0 Å². The van der Waals surface area contributed by atoms with Gasteiger partial charge in [0.1, 0.15) is 23.7 Å². The molecule has 3 aliphatic rings. The number of nitrogens with zero attached hydrogens (tertiary/aromatic N) is 5. The standard InChI is InChI=1S/C51H65IN10O8/c1-28(2)41(58-48(67)69-7)44(63)60-23-9-11-40(60)43-54-34-18-12-30(25-36(34)55-43)38-20-21-39(62(38)33-16-14-32(15-17-33)50(5,6)27-53-47(65)66)31-13-19-35-37(26-31)57-46(56-35)51(52)22-10-24-61(51)45(64)42(29(3)4)59-49(68)70-8/h12-19,25-26,28-29,38-42,53H,9-11,20-24,27H2,1-8H3,(H,54,55)(H,56,57)(H,58,67)(H,59,68)(H,65,66)/t38-,39-,40+,41+,42+,51-/m1/s1. The molecule has 0 bridgehead atoms. The summed E-state index contributed by atoms with van der Waals surface area (Å²) in [4.78, 5) is 87.3. The smallest absolute Gasteiger partial charge is 0.407 e. The van der Waals surface area contributed by atoms with E-state index in [2.05, 4.69) is 102 Å². The number of aromatic amines is 2. The van der Waals surface area contributed by atoms with E-state index in [1.807, 2.05) is 63.5 Å². The number of likely N-dealkylation sites (tertiary alicyclic amines) is 2. The summed E-state index contributed by atoms with van der Waals surface area (Å²) in [6.45, 7) is 13.0. The van der Waals surface area contributed by atoms with Crippen molar-refractivity contribution in [1.29, 1.82) is 0 Å². The van der Waals surface area contributed by atoms with Crippen LogP contribution < -0.4 is 20.9 Å². The van der Waals surface area contributed by atoms with Crippen molar-refractivity contribution in [2.75, 3.05) is 38.8 Å². The number of anilines is 1. The number of alkyl halides is 1. The molecule has 0 spiro atoms. The van der Waals surface area contributed by atoms with Crippen molar-refractivity contribution in [3.8, 4) is 0 Å². The Morgan fingerprint density at radius 1 is 0.771 bits per heavy atom. The highest BCUT2D eigenvalue weighted by molar-refractivity contribution is 14.1. The molecule has 19 heteroatoms. The lowest BCUT2D eigenvalue weighted by Gasteiger charge is -2.35. The van der Waals surface area contributed by atoms with Crippen molar-refractivity contribution < 1.29 is 38.6 Å². The first kappa shape index (κ1) is 50.3. The van der Waals surface area contributed by atoms with Crippen molar-refractivity contribution in [2.45, 2.75) is 119 Å². The number of amides is 5. The first-order valence-electron chi connectivity index (χ1n) is 24.2. The number of carbonyl (C=O) groups is 5. The van der Waals surface area contributed by atoms with Crippen molar-refractivity contribution in [3.05, 3.63) is 89.0 Å². The van der Waals surface area contributed by atoms with Gasteiger partial charge in [-0.2, -0.15) is 0 Å². The molecule has 3 aliphatic heterocycles. The van der Waals surface area contributed by atoms with Crippen LogP contribution in [-0.2, 0) is 28.0 Å². The largest absolute Gasteiger partial charge is 0.465 e. The lowest BCUT2D eigenvalue weighted by molar-refractivity contribution is -0.136. The summed E-state index contributed by atoms with van der Waals surface area (Å²) in [5.74, 6) is 0.727. The predicted octanol–water partition coefficient (Wildman–Crippen LogP) is 8.70. The number of carboxylic acid groups (broad SMARTS) is 1. The van der Waals surface area contributed by atoms with E-state index >= 15 is 0 Å². The SMILES string of the molecule is COC(=O)N[C@H](C(=O)N1CCC[C@H]1c1nc2ccc([C@H]3CC[C@H](c4ccc5nc([C@@]6(I)CCCN6C(=O)[C@@H](NC(=O)OC)C(C)C)[nH]c5c4)N3c3ccc(C(C)(C)CNC(=O)O)cc3)cc2[nH]1)C(C)C. The summed E-state index contributed by atoms with van der Waals surface area (Å²) in [7, 11) is 2.57. The maximum atomic E-state index is 14.1. The lowest BCUT2D eigenvalue weighted by atomic mass is 9.84. The molecule has 0 unspecified atom stereocenters. The zero-order chi connectivity index (χ0) is 50.2. The summed E-state index contributed by atoms with van der Waals surface area (Å²) >= 11 is 2.34. The van der Waals surface area contributed by atoms with Crippen LogP contribution >= 0.6 is 22.6 Å². The number of hydrogen-bond donors (Lipinski definition) is 6. The first-order chi connectivity index (χ1) is 33.3. The Bertz CT molecular complexity index is 2760. The number of methoxy groups -OCH3 is 2. The molecule has 6 atom stereocenters. The minimum absolute atomic E-state index is 0.0364. The Balaban J connectivity index is 1.11. The summed E-state index contributed by atoms with van der Waals surface area (Å²) in [6.07, 6.45) is 2.36. The van der Waals surface area contributed by atoms with Crippen molar-refractivity contribution in [3.63, 3.8) is 0 Å². The molecule has 70 heavy (non-hydrogen) atoms. The molecule has 2 aromatic heterocycles. The van der Waals surface area contributed by atoms with E-state index in [9.17, 15) is 29.1 Å². The van der Waals surface area contributed by atoms with Crippen molar-refractivity contribution >= 4 is 80.4 Å². The average Bonchev–Trinajstić information content (AvgIpc) is 4.20. The molecule has 0 aliphatic carbocycles. The van der Waals surface area contributed by atoms with Gasteiger partial charge < -0.3 is 55.2 Å². The molecule has 18 nitrogen and oxygen atoms in total. The highest BCUT2D eigenvalue weighted by atomic mass is 127. The van der Waals surface area contributed by atoms with Gasteiger partial charge in [0.2, 0.25) is 11.8 Å². The van der Waals surface area contributed by atoms with Gasteiger partial charge in [-0.3, -0.25) is 9.59 Å². The quantitative estimate of drug-likeness (QED) is 0.0350. The van der Waals surface area contributed by atoms with Crippen LogP contribution in [0.2, 0.25) is 0 Å². The van der Waals surface area contributed by atoms with E-state index in [1.54, 1.807) is 0 Å². The van der Waals surface area contributed by atoms with Crippen LogP contribution in [-0.4, -0.2) is 111 Å². The van der Waals surface area contributed by atoms with Crippen LogP contribution in [0.15, 0.2) is 60.7 Å². The molecule has 3 fully saturated rings. The molecular weight excluding hydrogens is 1010 g/mol. The van der Waals surface area contributed by atoms with Gasteiger partial charge in [0.15, 0.2) is 3.55 Å². The topological polar surface area (TPSA) is 227 Å². The van der Waals surface area contributed by atoms with Gasteiger partial charge >= 0.3 is 18.3 Å². The summed E-state index contributed by atoms with van der Waals surface area (Å²) < 4.78 is 8.93. The third kappa shape index (κ3) is 9.94. The minimum atomic E-state index is -1.06. The zero-order valence-electron chi connectivity index (χ0n) is 41.1.